The number of aryl methyl sites for hydroxylation is 1. The summed E-state index contributed by atoms with van der Waals surface area (Å²) < 4.78 is 11.0. The fraction of sp³-hybridized carbons (Fsp3) is 0.273. The van der Waals surface area contributed by atoms with Crippen LogP contribution in [0.3, 0.4) is 0 Å². The van der Waals surface area contributed by atoms with Crippen molar-refractivity contribution in [2.45, 2.75) is 26.3 Å². The van der Waals surface area contributed by atoms with E-state index >= 15 is 0 Å². The molecule has 0 amide bonds. The minimum atomic E-state index is 0.272. The topological polar surface area (TPSA) is 55.7 Å². The second-order valence-corrected chi connectivity index (χ2v) is 8.07. The second-order valence-electron chi connectivity index (χ2n) is 7.06. The zero-order valence-electron chi connectivity index (χ0n) is 15.9. The van der Waals surface area contributed by atoms with E-state index in [4.69, 9.17) is 19.5 Å². The standard InChI is InChI=1S/C22H21N3O2S/c1-3-15-11-28-22(23-15)24-16-6-4-14(5-7-16)18-8-13(2)17-9-20-21(27-12-26-20)10-19(17)25-18/h4-10,15H,3,11-12H2,1-2H3,(H,23,24)/t15-/m0/s1. The van der Waals surface area contributed by atoms with Crippen LogP contribution in [0.5, 0.6) is 11.5 Å². The van der Waals surface area contributed by atoms with Crippen LogP contribution in [0.25, 0.3) is 22.2 Å². The Kier molecular flexibility index (Phi) is 4.36. The number of pyridine rings is 1. The third-order valence-electron chi connectivity index (χ3n) is 5.13. The summed E-state index contributed by atoms with van der Waals surface area (Å²) >= 11 is 1.79. The quantitative estimate of drug-likeness (QED) is 0.662. The van der Waals surface area contributed by atoms with Gasteiger partial charge in [-0.15, -0.1) is 0 Å². The predicted molar refractivity (Wildman–Crippen MR) is 116 cm³/mol. The number of hydrogen-bond donors (Lipinski definition) is 1. The number of benzene rings is 2. The first-order chi connectivity index (χ1) is 13.7. The van der Waals surface area contributed by atoms with Crippen molar-refractivity contribution in [1.82, 2.24) is 4.98 Å². The summed E-state index contributed by atoms with van der Waals surface area (Å²) in [7, 11) is 0. The van der Waals surface area contributed by atoms with Crippen LogP contribution in [0.15, 0.2) is 47.5 Å². The first kappa shape index (κ1) is 17.4. The van der Waals surface area contributed by atoms with Crippen LogP contribution in [0.2, 0.25) is 0 Å². The number of fused-ring (bicyclic) bond motifs is 2. The molecular weight excluding hydrogens is 370 g/mol. The van der Waals surface area contributed by atoms with Crippen LogP contribution in [0.4, 0.5) is 5.69 Å². The van der Waals surface area contributed by atoms with E-state index in [0.717, 1.165) is 56.7 Å². The smallest absolute Gasteiger partial charge is 0.231 e. The van der Waals surface area contributed by atoms with Gasteiger partial charge in [-0.25, -0.2) is 4.98 Å². The van der Waals surface area contributed by atoms with Crippen LogP contribution in [0.1, 0.15) is 18.9 Å². The number of anilines is 1. The maximum atomic E-state index is 5.50. The monoisotopic (exact) mass is 391 g/mol. The zero-order chi connectivity index (χ0) is 19.1. The van der Waals surface area contributed by atoms with Crippen molar-refractivity contribution in [2.75, 3.05) is 17.9 Å². The minimum absolute atomic E-state index is 0.272. The lowest BCUT2D eigenvalue weighted by Gasteiger charge is -2.09. The van der Waals surface area contributed by atoms with Crippen molar-refractivity contribution in [3.05, 3.63) is 48.0 Å². The van der Waals surface area contributed by atoms with Gasteiger partial charge in [-0.05, 0) is 43.2 Å². The van der Waals surface area contributed by atoms with Crippen LogP contribution in [-0.4, -0.2) is 28.7 Å². The maximum absolute atomic E-state index is 5.50. The van der Waals surface area contributed by atoms with Crippen LogP contribution in [0, 0.1) is 6.92 Å². The molecule has 0 fully saturated rings. The van der Waals surface area contributed by atoms with Gasteiger partial charge in [0.2, 0.25) is 6.79 Å². The molecule has 0 saturated carbocycles. The van der Waals surface area contributed by atoms with E-state index in [0.29, 0.717) is 6.04 Å². The summed E-state index contributed by atoms with van der Waals surface area (Å²) in [6, 6.07) is 14.9. The number of nitrogens with one attached hydrogen (secondary N) is 1. The molecule has 0 unspecified atom stereocenters. The number of amidine groups is 1. The summed E-state index contributed by atoms with van der Waals surface area (Å²) in [5, 5.41) is 5.52. The van der Waals surface area contributed by atoms with Crippen LogP contribution in [-0.2, 0) is 0 Å². The van der Waals surface area contributed by atoms with Crippen molar-refractivity contribution < 1.29 is 9.47 Å². The highest BCUT2D eigenvalue weighted by Gasteiger charge is 2.17. The van der Waals surface area contributed by atoms with Gasteiger partial charge in [0.25, 0.3) is 0 Å². The van der Waals surface area contributed by atoms with Gasteiger partial charge in [0.1, 0.15) is 0 Å². The summed E-state index contributed by atoms with van der Waals surface area (Å²) in [5.41, 5.74) is 5.17. The largest absolute Gasteiger partial charge is 0.454 e. The van der Waals surface area contributed by atoms with Crippen molar-refractivity contribution >= 4 is 33.5 Å². The lowest BCUT2D eigenvalue weighted by molar-refractivity contribution is 0.174. The first-order valence-electron chi connectivity index (χ1n) is 9.48. The summed E-state index contributed by atoms with van der Waals surface area (Å²) in [6.07, 6.45) is 1.09. The molecule has 5 nitrogen and oxygen atoms in total. The Balaban J connectivity index is 1.43. The van der Waals surface area contributed by atoms with Gasteiger partial charge in [-0.1, -0.05) is 30.8 Å². The molecule has 1 N–H and O–H groups in total. The Labute approximate surface area is 168 Å². The molecule has 0 bridgehead atoms. The fourth-order valence-electron chi connectivity index (χ4n) is 3.47. The Morgan fingerprint density at radius 2 is 1.89 bits per heavy atom. The lowest BCUT2D eigenvalue weighted by atomic mass is 10.0. The van der Waals surface area contributed by atoms with Crippen LogP contribution >= 0.6 is 11.8 Å². The zero-order valence-corrected chi connectivity index (χ0v) is 16.7. The minimum Gasteiger partial charge on any atom is -0.454 e. The summed E-state index contributed by atoms with van der Waals surface area (Å²) in [5.74, 6) is 2.62. The van der Waals surface area contributed by atoms with Crippen molar-refractivity contribution in [3.8, 4) is 22.8 Å². The Hall–Kier alpha value is -2.73. The molecule has 28 heavy (non-hydrogen) atoms. The third-order valence-corrected chi connectivity index (χ3v) is 6.16. The highest BCUT2D eigenvalue weighted by molar-refractivity contribution is 8.14. The molecule has 0 aliphatic carbocycles. The van der Waals surface area contributed by atoms with Gasteiger partial charge in [0, 0.05) is 28.5 Å². The second kappa shape index (κ2) is 7.02. The van der Waals surface area contributed by atoms with E-state index < -0.39 is 0 Å². The van der Waals surface area contributed by atoms with Gasteiger partial charge in [0.15, 0.2) is 16.7 Å². The van der Waals surface area contributed by atoms with Gasteiger partial charge >= 0.3 is 0 Å². The van der Waals surface area contributed by atoms with Crippen molar-refractivity contribution in [3.63, 3.8) is 0 Å². The highest BCUT2D eigenvalue weighted by Crippen LogP contribution is 2.37. The lowest BCUT2D eigenvalue weighted by Crippen LogP contribution is -2.05. The SMILES string of the molecule is CC[C@H]1CSC(Nc2ccc(-c3cc(C)c4cc5c(cc4n3)OCO5)cc2)=N1. The molecule has 0 saturated heterocycles. The van der Waals surface area contributed by atoms with E-state index in [-0.39, 0.29) is 6.79 Å². The molecule has 6 heteroatoms. The average Bonchev–Trinajstić information content (AvgIpc) is 3.36. The number of ether oxygens (including phenoxy) is 2. The predicted octanol–water partition coefficient (Wildman–Crippen LogP) is 5.23. The van der Waals surface area contributed by atoms with E-state index in [1.54, 1.807) is 11.8 Å². The number of aromatic nitrogens is 1. The molecule has 0 radical (unpaired) electrons. The fourth-order valence-corrected chi connectivity index (χ4v) is 4.55. The van der Waals surface area contributed by atoms with Gasteiger partial charge < -0.3 is 14.8 Å². The van der Waals surface area contributed by atoms with E-state index in [9.17, 15) is 0 Å². The summed E-state index contributed by atoms with van der Waals surface area (Å²) in [6.45, 7) is 4.55. The molecular formula is C22H21N3O2S. The number of thioether (sulfide) groups is 1. The number of nitrogens with zero attached hydrogens (tertiary/aromatic N) is 2. The molecule has 2 aliphatic rings. The molecule has 142 valence electrons. The van der Waals surface area contributed by atoms with Gasteiger partial charge in [-0.3, -0.25) is 4.99 Å². The van der Waals surface area contributed by atoms with E-state index in [1.165, 1.54) is 5.56 Å². The third kappa shape index (κ3) is 3.18. The molecule has 2 aliphatic heterocycles. The van der Waals surface area contributed by atoms with Gasteiger partial charge in [0.05, 0.1) is 17.3 Å². The van der Waals surface area contributed by atoms with Crippen molar-refractivity contribution in [2.24, 2.45) is 4.99 Å². The molecule has 1 atom stereocenters. The Morgan fingerprint density at radius 3 is 2.64 bits per heavy atom. The number of hydrogen-bond acceptors (Lipinski definition) is 6. The molecule has 2 aromatic carbocycles. The Morgan fingerprint density at radius 1 is 1.11 bits per heavy atom. The molecule has 5 rings (SSSR count). The molecule has 1 aromatic heterocycles. The molecule has 0 spiro atoms. The molecule has 3 aromatic rings. The van der Waals surface area contributed by atoms with Crippen LogP contribution < -0.4 is 14.8 Å². The molecule has 3 heterocycles. The maximum Gasteiger partial charge on any atom is 0.231 e. The summed E-state index contributed by atoms with van der Waals surface area (Å²) in [4.78, 5) is 9.54. The van der Waals surface area contributed by atoms with E-state index in [2.05, 4.69) is 49.5 Å². The number of rotatable bonds is 3. The average molecular weight is 391 g/mol. The van der Waals surface area contributed by atoms with E-state index in [1.807, 2.05) is 12.1 Å². The highest BCUT2D eigenvalue weighted by atomic mass is 32.2. The Bertz CT molecular complexity index is 1080. The van der Waals surface area contributed by atoms with Crippen molar-refractivity contribution in [1.29, 1.82) is 0 Å². The van der Waals surface area contributed by atoms with Gasteiger partial charge in [-0.2, -0.15) is 0 Å². The normalized spacial score (nSPS) is 17.8. The first-order valence-corrected chi connectivity index (χ1v) is 10.5. The number of aliphatic imine (C=N–C) groups is 1.